The second-order valence-electron chi connectivity index (χ2n) is 4.73. The van der Waals surface area contributed by atoms with Crippen LogP contribution in [-0.4, -0.2) is 30.6 Å². The van der Waals surface area contributed by atoms with Gasteiger partial charge in [-0.2, -0.15) is 0 Å². The molecule has 2 N–H and O–H groups in total. The van der Waals surface area contributed by atoms with Gasteiger partial charge in [-0.15, -0.1) is 0 Å². The summed E-state index contributed by atoms with van der Waals surface area (Å²) in [5, 5.41) is 0. The van der Waals surface area contributed by atoms with Crippen molar-refractivity contribution in [3.8, 4) is 0 Å². The first-order valence-electron chi connectivity index (χ1n) is 6.28. The summed E-state index contributed by atoms with van der Waals surface area (Å²) in [5.74, 6) is 0. The molecule has 1 rings (SSSR count). The maximum atomic E-state index is 6.19. The largest absolute Gasteiger partial charge is 0.326 e. The molecule has 1 atom stereocenters. The van der Waals surface area contributed by atoms with Crippen molar-refractivity contribution in [2.45, 2.75) is 26.3 Å². The quantitative estimate of drug-likeness (QED) is 0.732. The van der Waals surface area contributed by atoms with Gasteiger partial charge in [0.05, 0.1) is 0 Å². The van der Waals surface area contributed by atoms with Crippen LogP contribution in [0.3, 0.4) is 0 Å². The molecule has 0 aromatic heterocycles. The van der Waals surface area contributed by atoms with Crippen LogP contribution < -0.4 is 5.73 Å². The third kappa shape index (κ3) is 5.66. The van der Waals surface area contributed by atoms with E-state index in [4.69, 9.17) is 5.73 Å². The molecular weight excluding hydrogens is 208 g/mol. The summed E-state index contributed by atoms with van der Waals surface area (Å²) in [6, 6.07) is 10.6. The first-order valence-corrected chi connectivity index (χ1v) is 6.28. The molecule has 0 aliphatic heterocycles. The van der Waals surface area contributed by atoms with Gasteiger partial charge in [-0.25, -0.2) is 0 Å². The molecule has 0 aliphatic carbocycles. The predicted octanol–water partition coefficient (Wildman–Crippen LogP) is 2.45. The Morgan fingerprint density at radius 2 is 2.00 bits per heavy atom. The van der Waals surface area contributed by atoms with Crippen molar-refractivity contribution in [1.29, 1.82) is 0 Å². The average molecular weight is 232 g/mol. The average Bonchev–Trinajstić information content (AvgIpc) is 2.28. The Labute approximate surface area is 105 Å². The van der Waals surface area contributed by atoms with Crippen LogP contribution in [-0.2, 0) is 6.42 Å². The van der Waals surface area contributed by atoms with E-state index >= 15 is 0 Å². The fourth-order valence-corrected chi connectivity index (χ4v) is 2.00. The van der Waals surface area contributed by atoms with Crippen molar-refractivity contribution in [2.24, 2.45) is 5.73 Å². The number of benzene rings is 1. The van der Waals surface area contributed by atoms with E-state index in [2.05, 4.69) is 49.6 Å². The monoisotopic (exact) mass is 232 g/mol. The first kappa shape index (κ1) is 13.9. The normalized spacial score (nSPS) is 12.7. The van der Waals surface area contributed by atoms with Crippen LogP contribution in [0.5, 0.6) is 0 Å². The molecule has 0 heterocycles. The van der Waals surface area contributed by atoms with Gasteiger partial charge >= 0.3 is 0 Å². The van der Waals surface area contributed by atoms with Crippen LogP contribution in [0, 0.1) is 0 Å². The Morgan fingerprint density at radius 1 is 1.35 bits per heavy atom. The van der Waals surface area contributed by atoms with Crippen molar-refractivity contribution >= 4 is 0 Å². The van der Waals surface area contributed by atoms with Gasteiger partial charge in [-0.05, 0) is 25.5 Å². The van der Waals surface area contributed by atoms with E-state index < -0.39 is 0 Å². The van der Waals surface area contributed by atoms with Gasteiger partial charge in [0.1, 0.15) is 0 Å². The third-order valence-corrected chi connectivity index (χ3v) is 2.77. The van der Waals surface area contributed by atoms with Gasteiger partial charge in [0.25, 0.3) is 0 Å². The summed E-state index contributed by atoms with van der Waals surface area (Å²) in [6.45, 7) is 11.1. The molecule has 0 saturated heterocycles. The standard InChI is InChI=1S/C15H24N2/c1-4-17(11-13(2)3)12-15(16)10-14-8-6-5-7-9-14/h5-9,15H,2,4,10-12,16H2,1,3H3. The zero-order valence-corrected chi connectivity index (χ0v) is 11.0. The Hall–Kier alpha value is -1.12. The summed E-state index contributed by atoms with van der Waals surface area (Å²) in [6.07, 6.45) is 0.938. The molecule has 17 heavy (non-hydrogen) atoms. The van der Waals surface area contributed by atoms with Gasteiger partial charge < -0.3 is 5.73 Å². The SMILES string of the molecule is C=C(C)CN(CC)CC(N)Cc1ccccc1. The van der Waals surface area contributed by atoms with Crippen LogP contribution in [0.25, 0.3) is 0 Å². The highest BCUT2D eigenvalue weighted by molar-refractivity contribution is 5.15. The number of hydrogen-bond donors (Lipinski definition) is 1. The second-order valence-corrected chi connectivity index (χ2v) is 4.73. The zero-order valence-electron chi connectivity index (χ0n) is 11.0. The molecule has 0 fully saturated rings. The van der Waals surface area contributed by atoms with E-state index in [1.165, 1.54) is 11.1 Å². The highest BCUT2D eigenvalue weighted by Gasteiger charge is 2.09. The number of hydrogen-bond acceptors (Lipinski definition) is 2. The van der Waals surface area contributed by atoms with Gasteiger partial charge in [0.15, 0.2) is 0 Å². The number of nitrogens with two attached hydrogens (primary N) is 1. The molecule has 0 radical (unpaired) electrons. The Bertz CT molecular complexity index is 332. The van der Waals surface area contributed by atoms with E-state index in [1.807, 2.05) is 6.07 Å². The third-order valence-electron chi connectivity index (χ3n) is 2.77. The molecular formula is C15H24N2. The van der Waals surface area contributed by atoms with E-state index in [1.54, 1.807) is 0 Å². The summed E-state index contributed by atoms with van der Waals surface area (Å²) >= 11 is 0. The minimum Gasteiger partial charge on any atom is -0.326 e. The van der Waals surface area contributed by atoms with Gasteiger partial charge in [0, 0.05) is 19.1 Å². The van der Waals surface area contributed by atoms with Crippen LogP contribution in [0.15, 0.2) is 42.5 Å². The van der Waals surface area contributed by atoms with E-state index in [0.29, 0.717) is 0 Å². The lowest BCUT2D eigenvalue weighted by Gasteiger charge is -2.24. The summed E-state index contributed by atoms with van der Waals surface area (Å²) in [4.78, 5) is 2.34. The molecule has 0 aliphatic rings. The number of nitrogens with zero attached hydrogens (tertiary/aromatic N) is 1. The van der Waals surface area contributed by atoms with Crippen LogP contribution in [0.4, 0.5) is 0 Å². The Morgan fingerprint density at radius 3 is 2.53 bits per heavy atom. The van der Waals surface area contributed by atoms with Crippen LogP contribution in [0.2, 0.25) is 0 Å². The molecule has 2 heteroatoms. The summed E-state index contributed by atoms with van der Waals surface area (Å²) in [7, 11) is 0. The van der Waals surface area contributed by atoms with Crippen molar-refractivity contribution in [1.82, 2.24) is 4.90 Å². The van der Waals surface area contributed by atoms with Crippen molar-refractivity contribution < 1.29 is 0 Å². The minimum absolute atomic E-state index is 0.191. The van der Waals surface area contributed by atoms with E-state index in [0.717, 1.165) is 26.1 Å². The molecule has 2 nitrogen and oxygen atoms in total. The van der Waals surface area contributed by atoms with Crippen LogP contribution >= 0.6 is 0 Å². The molecule has 0 saturated carbocycles. The molecule has 0 spiro atoms. The maximum Gasteiger partial charge on any atom is 0.0208 e. The van der Waals surface area contributed by atoms with Gasteiger partial charge in [-0.1, -0.05) is 49.4 Å². The Kier molecular flexibility index (Phi) is 5.95. The van der Waals surface area contributed by atoms with Gasteiger partial charge in [0.2, 0.25) is 0 Å². The predicted molar refractivity (Wildman–Crippen MR) is 75.0 cm³/mol. The Balaban J connectivity index is 2.42. The molecule has 0 amide bonds. The summed E-state index contributed by atoms with van der Waals surface area (Å²) in [5.41, 5.74) is 8.69. The topological polar surface area (TPSA) is 29.3 Å². The first-order chi connectivity index (χ1) is 8.11. The second kappa shape index (κ2) is 7.25. The fourth-order valence-electron chi connectivity index (χ4n) is 2.00. The maximum absolute atomic E-state index is 6.19. The molecule has 1 unspecified atom stereocenters. The zero-order chi connectivity index (χ0) is 12.7. The van der Waals surface area contributed by atoms with Gasteiger partial charge in [-0.3, -0.25) is 4.90 Å². The molecule has 1 aromatic carbocycles. The van der Waals surface area contributed by atoms with E-state index in [9.17, 15) is 0 Å². The number of likely N-dealkylation sites (N-methyl/N-ethyl adjacent to an activating group) is 1. The number of rotatable bonds is 7. The fraction of sp³-hybridized carbons (Fsp3) is 0.467. The lowest BCUT2D eigenvalue weighted by atomic mass is 10.1. The molecule has 1 aromatic rings. The van der Waals surface area contributed by atoms with Crippen molar-refractivity contribution in [3.63, 3.8) is 0 Å². The molecule has 94 valence electrons. The molecule has 0 bridgehead atoms. The lowest BCUT2D eigenvalue weighted by molar-refractivity contribution is 0.290. The minimum atomic E-state index is 0.191. The lowest BCUT2D eigenvalue weighted by Crippen LogP contribution is -2.39. The van der Waals surface area contributed by atoms with E-state index in [-0.39, 0.29) is 6.04 Å². The highest BCUT2D eigenvalue weighted by Crippen LogP contribution is 2.04. The summed E-state index contributed by atoms with van der Waals surface area (Å²) < 4.78 is 0. The van der Waals surface area contributed by atoms with Crippen molar-refractivity contribution in [2.75, 3.05) is 19.6 Å². The van der Waals surface area contributed by atoms with Crippen molar-refractivity contribution in [3.05, 3.63) is 48.0 Å². The van der Waals surface area contributed by atoms with Crippen LogP contribution in [0.1, 0.15) is 19.4 Å². The smallest absolute Gasteiger partial charge is 0.0208 e. The highest BCUT2D eigenvalue weighted by atomic mass is 15.1.